The summed E-state index contributed by atoms with van der Waals surface area (Å²) in [6.07, 6.45) is 1.11. The van der Waals surface area contributed by atoms with Crippen molar-refractivity contribution in [3.63, 3.8) is 0 Å². The summed E-state index contributed by atoms with van der Waals surface area (Å²) in [6.45, 7) is 4.34. The molecule has 1 rings (SSSR count). The summed E-state index contributed by atoms with van der Waals surface area (Å²) in [4.78, 5) is 11.2. The van der Waals surface area contributed by atoms with Crippen LogP contribution in [0.15, 0.2) is 24.3 Å². The highest BCUT2D eigenvalue weighted by Gasteiger charge is 2.04. The fourth-order valence-electron chi connectivity index (χ4n) is 1.59. The minimum Gasteiger partial charge on any atom is -0.375 e. The normalized spacial score (nSPS) is 11.6. The maximum Gasteiger partial charge on any atom is 0.264 e. The molecule has 0 saturated heterocycles. The smallest absolute Gasteiger partial charge is 0.264 e. The molecule has 110 valence electrons. The molecule has 5 nitrogen and oxygen atoms in total. The second-order valence-electron chi connectivity index (χ2n) is 4.49. The molecule has 1 atom stereocenters. The Labute approximate surface area is 125 Å². The average molecular weight is 295 g/mol. The predicted octanol–water partition coefficient (Wildman–Crippen LogP) is 2.16. The van der Waals surface area contributed by atoms with Crippen LogP contribution in [0.5, 0.6) is 0 Å². The van der Waals surface area contributed by atoms with Crippen LogP contribution < -0.4 is 16.2 Å². The molecular formula is C14H21N3O2S. The minimum absolute atomic E-state index is 0.0147. The Morgan fingerprint density at radius 2 is 1.95 bits per heavy atom. The van der Waals surface area contributed by atoms with Crippen LogP contribution in [-0.4, -0.2) is 24.7 Å². The minimum atomic E-state index is -0.288. The molecule has 1 amide bonds. The Morgan fingerprint density at radius 1 is 1.30 bits per heavy atom. The van der Waals surface area contributed by atoms with E-state index in [0.717, 1.165) is 12.1 Å². The van der Waals surface area contributed by atoms with Crippen LogP contribution in [-0.2, 0) is 9.53 Å². The molecule has 0 fully saturated rings. The summed E-state index contributed by atoms with van der Waals surface area (Å²) in [5.74, 6) is 0.256. The van der Waals surface area contributed by atoms with Crippen molar-refractivity contribution in [2.75, 3.05) is 19.0 Å². The van der Waals surface area contributed by atoms with Crippen molar-refractivity contribution in [2.24, 2.45) is 0 Å². The number of hydrogen-bond donors (Lipinski definition) is 3. The number of thiocarbonyl (C=S) groups is 1. The first-order valence-corrected chi connectivity index (χ1v) is 6.92. The third-order valence-corrected chi connectivity index (χ3v) is 3.14. The summed E-state index contributed by atoms with van der Waals surface area (Å²) in [5.41, 5.74) is 7.20. The lowest BCUT2D eigenvalue weighted by atomic mass is 9.99. The number of hydrogen-bond acceptors (Lipinski definition) is 3. The summed E-state index contributed by atoms with van der Waals surface area (Å²) < 4.78 is 4.68. The van der Waals surface area contributed by atoms with E-state index >= 15 is 0 Å². The number of amides is 1. The van der Waals surface area contributed by atoms with Crippen molar-refractivity contribution < 1.29 is 9.53 Å². The molecule has 6 heteroatoms. The van der Waals surface area contributed by atoms with Crippen LogP contribution in [0.4, 0.5) is 5.69 Å². The van der Waals surface area contributed by atoms with Crippen molar-refractivity contribution in [2.45, 2.75) is 26.2 Å². The first kappa shape index (κ1) is 16.4. The molecule has 0 aliphatic rings. The van der Waals surface area contributed by atoms with Gasteiger partial charge in [0.15, 0.2) is 5.11 Å². The van der Waals surface area contributed by atoms with E-state index in [1.807, 2.05) is 12.1 Å². The van der Waals surface area contributed by atoms with Crippen LogP contribution in [0.1, 0.15) is 31.7 Å². The van der Waals surface area contributed by atoms with Gasteiger partial charge in [-0.15, -0.1) is 0 Å². The molecule has 0 aliphatic heterocycles. The molecular weight excluding hydrogens is 274 g/mol. The molecule has 0 radical (unpaired) electrons. The Kier molecular flexibility index (Phi) is 6.97. The van der Waals surface area contributed by atoms with E-state index in [2.05, 4.69) is 46.9 Å². The van der Waals surface area contributed by atoms with Gasteiger partial charge in [0, 0.05) is 12.8 Å². The highest BCUT2D eigenvalue weighted by molar-refractivity contribution is 7.80. The summed E-state index contributed by atoms with van der Waals surface area (Å²) in [6, 6.07) is 8.07. The largest absolute Gasteiger partial charge is 0.375 e. The Balaban J connectivity index is 2.44. The van der Waals surface area contributed by atoms with E-state index in [0.29, 0.717) is 11.0 Å². The SMILES string of the molecule is CC[C@@H](C)c1ccc(NC(=S)NNC(=O)COC)cc1. The highest BCUT2D eigenvalue weighted by Crippen LogP contribution is 2.20. The molecule has 20 heavy (non-hydrogen) atoms. The number of methoxy groups -OCH3 is 1. The fraction of sp³-hybridized carbons (Fsp3) is 0.429. The van der Waals surface area contributed by atoms with Gasteiger partial charge in [0.25, 0.3) is 5.91 Å². The second kappa shape index (κ2) is 8.50. The topological polar surface area (TPSA) is 62.4 Å². The lowest BCUT2D eigenvalue weighted by Gasteiger charge is -2.13. The van der Waals surface area contributed by atoms with E-state index in [9.17, 15) is 4.79 Å². The Bertz CT molecular complexity index is 448. The summed E-state index contributed by atoms with van der Waals surface area (Å²) in [5, 5.41) is 3.31. The van der Waals surface area contributed by atoms with Crippen LogP contribution in [0.25, 0.3) is 0 Å². The predicted molar refractivity (Wildman–Crippen MR) is 84.5 cm³/mol. The number of benzene rings is 1. The van der Waals surface area contributed by atoms with Crippen LogP contribution in [0.2, 0.25) is 0 Å². The van der Waals surface area contributed by atoms with E-state index in [4.69, 9.17) is 12.2 Å². The lowest BCUT2D eigenvalue weighted by molar-refractivity contribution is -0.125. The number of carbonyl (C=O) groups is 1. The van der Waals surface area contributed by atoms with Crippen molar-refractivity contribution in [1.82, 2.24) is 10.9 Å². The third-order valence-electron chi connectivity index (χ3n) is 2.94. The van der Waals surface area contributed by atoms with Gasteiger partial charge in [-0.2, -0.15) is 0 Å². The summed E-state index contributed by atoms with van der Waals surface area (Å²) in [7, 11) is 1.45. The number of hydrazine groups is 1. The van der Waals surface area contributed by atoms with E-state index in [1.54, 1.807) is 0 Å². The van der Waals surface area contributed by atoms with Gasteiger partial charge >= 0.3 is 0 Å². The molecule has 0 saturated carbocycles. The van der Waals surface area contributed by atoms with Crippen molar-refractivity contribution in [1.29, 1.82) is 0 Å². The number of carbonyl (C=O) groups excluding carboxylic acids is 1. The molecule has 0 aromatic heterocycles. The molecule has 0 bridgehead atoms. The van der Waals surface area contributed by atoms with E-state index in [-0.39, 0.29) is 12.5 Å². The van der Waals surface area contributed by atoms with Crippen molar-refractivity contribution >= 4 is 28.9 Å². The number of rotatable bonds is 5. The van der Waals surface area contributed by atoms with Crippen LogP contribution in [0.3, 0.4) is 0 Å². The Hall–Kier alpha value is -1.66. The van der Waals surface area contributed by atoms with Crippen molar-refractivity contribution in [3.8, 4) is 0 Å². The average Bonchev–Trinajstić information content (AvgIpc) is 2.45. The monoisotopic (exact) mass is 295 g/mol. The second-order valence-corrected chi connectivity index (χ2v) is 4.90. The zero-order valence-electron chi connectivity index (χ0n) is 12.0. The quantitative estimate of drug-likeness (QED) is 0.574. The molecule has 0 aliphatic carbocycles. The van der Waals surface area contributed by atoms with E-state index in [1.165, 1.54) is 12.7 Å². The van der Waals surface area contributed by atoms with Gasteiger partial charge in [-0.25, -0.2) is 0 Å². The maximum atomic E-state index is 11.2. The first-order valence-electron chi connectivity index (χ1n) is 6.51. The molecule has 0 spiro atoms. The highest BCUT2D eigenvalue weighted by atomic mass is 32.1. The van der Waals surface area contributed by atoms with E-state index < -0.39 is 0 Å². The third kappa shape index (κ3) is 5.54. The van der Waals surface area contributed by atoms with Crippen LogP contribution in [0, 0.1) is 0 Å². The van der Waals surface area contributed by atoms with Crippen molar-refractivity contribution in [3.05, 3.63) is 29.8 Å². The Morgan fingerprint density at radius 3 is 2.50 bits per heavy atom. The number of ether oxygens (including phenoxy) is 1. The molecule has 0 heterocycles. The zero-order chi connectivity index (χ0) is 15.0. The van der Waals surface area contributed by atoms with Crippen LogP contribution >= 0.6 is 12.2 Å². The molecule has 3 N–H and O–H groups in total. The first-order chi connectivity index (χ1) is 9.56. The number of nitrogens with one attached hydrogen (secondary N) is 3. The van der Waals surface area contributed by atoms with Gasteiger partial charge in [0.05, 0.1) is 0 Å². The molecule has 1 aromatic carbocycles. The van der Waals surface area contributed by atoms with Gasteiger partial charge in [-0.3, -0.25) is 15.6 Å². The number of anilines is 1. The van der Waals surface area contributed by atoms with Gasteiger partial charge in [-0.05, 0) is 42.3 Å². The zero-order valence-corrected chi connectivity index (χ0v) is 12.8. The van der Waals surface area contributed by atoms with Gasteiger partial charge < -0.3 is 10.1 Å². The van der Waals surface area contributed by atoms with Gasteiger partial charge in [0.2, 0.25) is 0 Å². The fourth-order valence-corrected chi connectivity index (χ4v) is 1.76. The molecule has 1 aromatic rings. The lowest BCUT2D eigenvalue weighted by Crippen LogP contribution is -2.45. The standard InChI is InChI=1S/C14H21N3O2S/c1-4-10(2)11-5-7-12(8-6-11)15-14(20)17-16-13(18)9-19-3/h5-8,10H,4,9H2,1-3H3,(H,16,18)(H2,15,17,20)/t10-/m1/s1. The van der Waals surface area contributed by atoms with Gasteiger partial charge in [0.1, 0.15) is 6.61 Å². The van der Waals surface area contributed by atoms with Gasteiger partial charge in [-0.1, -0.05) is 26.0 Å². The summed E-state index contributed by atoms with van der Waals surface area (Å²) >= 11 is 5.07. The maximum absolute atomic E-state index is 11.2. The molecule has 0 unspecified atom stereocenters.